The first-order valence-electron chi connectivity index (χ1n) is 3.00. The molecule has 1 nitrogen and oxygen atoms in total. The standard InChI is InChI=1S/C6H13O.BrH.Mg/c1-2-3-4-5-6-7;;/h2-6H2,1H3;1H;/q-1;;+2/p-1. The molecule has 0 aliphatic heterocycles. The van der Waals surface area contributed by atoms with Crippen LogP contribution < -0.4 is 22.1 Å². The maximum Gasteiger partial charge on any atom is 2.00 e. The van der Waals surface area contributed by atoms with E-state index in [-0.39, 0.29) is 46.6 Å². The van der Waals surface area contributed by atoms with Crippen LogP contribution in [0.5, 0.6) is 0 Å². The Balaban J connectivity index is -0.000000180. The van der Waals surface area contributed by atoms with E-state index in [2.05, 4.69) is 6.92 Å². The van der Waals surface area contributed by atoms with Crippen molar-refractivity contribution in [2.24, 2.45) is 0 Å². The van der Waals surface area contributed by atoms with Crippen LogP contribution in [0.15, 0.2) is 0 Å². The van der Waals surface area contributed by atoms with E-state index in [1.165, 1.54) is 12.8 Å². The Morgan fingerprint density at radius 3 is 2.00 bits per heavy atom. The SMILES string of the molecule is CCCCCC[O-].[Br-].[Mg+2]. The Morgan fingerprint density at radius 2 is 1.67 bits per heavy atom. The van der Waals surface area contributed by atoms with Crippen molar-refractivity contribution < 1.29 is 22.1 Å². The first kappa shape index (κ1) is 16.7. The van der Waals surface area contributed by atoms with E-state index in [0.29, 0.717) is 0 Å². The van der Waals surface area contributed by atoms with E-state index in [0.717, 1.165) is 12.8 Å². The summed E-state index contributed by atoms with van der Waals surface area (Å²) >= 11 is 0. The summed E-state index contributed by atoms with van der Waals surface area (Å²) in [5.74, 6) is 0. The molecule has 0 fully saturated rings. The van der Waals surface area contributed by atoms with E-state index < -0.39 is 0 Å². The second kappa shape index (κ2) is 16.1. The maximum atomic E-state index is 9.80. The van der Waals surface area contributed by atoms with Gasteiger partial charge in [0.2, 0.25) is 0 Å². The minimum Gasteiger partial charge on any atom is -1.00 e. The van der Waals surface area contributed by atoms with Crippen molar-refractivity contribution >= 4 is 23.1 Å². The second-order valence-corrected chi connectivity index (χ2v) is 1.76. The van der Waals surface area contributed by atoms with Crippen LogP contribution in [-0.4, -0.2) is 29.7 Å². The molecular formula is C6H13BrMgO. The monoisotopic (exact) mass is 204 g/mol. The largest absolute Gasteiger partial charge is 2.00 e. The van der Waals surface area contributed by atoms with Gasteiger partial charge in [0, 0.05) is 0 Å². The molecule has 0 saturated heterocycles. The maximum absolute atomic E-state index is 9.80. The average molecular weight is 205 g/mol. The quantitative estimate of drug-likeness (QED) is 0.369. The molecule has 0 unspecified atom stereocenters. The van der Waals surface area contributed by atoms with Crippen LogP contribution >= 0.6 is 0 Å². The third-order valence-corrected chi connectivity index (χ3v) is 0.998. The van der Waals surface area contributed by atoms with E-state index in [4.69, 9.17) is 0 Å². The Morgan fingerprint density at radius 1 is 1.11 bits per heavy atom. The predicted molar refractivity (Wildman–Crippen MR) is 34.8 cm³/mol. The summed E-state index contributed by atoms with van der Waals surface area (Å²) in [5.41, 5.74) is 0. The number of halogens is 1. The van der Waals surface area contributed by atoms with Gasteiger partial charge in [-0.15, -0.1) is 6.61 Å². The Kier molecular flexibility index (Phi) is 29.8. The number of rotatable bonds is 4. The molecule has 0 amide bonds. The summed E-state index contributed by atoms with van der Waals surface area (Å²) in [7, 11) is 0. The first-order valence-corrected chi connectivity index (χ1v) is 3.00. The first-order chi connectivity index (χ1) is 3.41. The van der Waals surface area contributed by atoms with Crippen molar-refractivity contribution in [3.8, 4) is 0 Å². The van der Waals surface area contributed by atoms with E-state index in [1.807, 2.05) is 0 Å². The van der Waals surface area contributed by atoms with Crippen molar-refractivity contribution in [2.75, 3.05) is 6.61 Å². The van der Waals surface area contributed by atoms with Gasteiger partial charge in [0.25, 0.3) is 0 Å². The molecule has 0 bridgehead atoms. The molecule has 0 aromatic carbocycles. The van der Waals surface area contributed by atoms with Gasteiger partial charge in [-0.3, -0.25) is 0 Å². The molecule has 0 aromatic heterocycles. The van der Waals surface area contributed by atoms with Gasteiger partial charge in [-0.2, -0.15) is 0 Å². The van der Waals surface area contributed by atoms with Gasteiger partial charge in [-0.05, 0) is 0 Å². The molecule has 0 spiro atoms. The number of unbranched alkanes of at least 4 members (excludes halogenated alkanes) is 3. The molecule has 3 heteroatoms. The smallest absolute Gasteiger partial charge is 1.00 e. The summed E-state index contributed by atoms with van der Waals surface area (Å²) in [5, 5.41) is 9.80. The fourth-order valence-corrected chi connectivity index (χ4v) is 0.529. The summed E-state index contributed by atoms with van der Waals surface area (Å²) in [6.45, 7) is 2.25. The van der Waals surface area contributed by atoms with Crippen LogP contribution in [-0.2, 0) is 0 Å². The van der Waals surface area contributed by atoms with Gasteiger partial charge in [-0.1, -0.05) is 32.6 Å². The van der Waals surface area contributed by atoms with E-state index >= 15 is 0 Å². The third-order valence-electron chi connectivity index (χ3n) is 0.998. The topological polar surface area (TPSA) is 23.1 Å². The van der Waals surface area contributed by atoms with Crippen LogP contribution in [0.25, 0.3) is 0 Å². The minimum absolute atomic E-state index is 0. The summed E-state index contributed by atoms with van der Waals surface area (Å²) in [6, 6.07) is 0. The van der Waals surface area contributed by atoms with Crippen molar-refractivity contribution in [3.05, 3.63) is 0 Å². The molecule has 0 N–H and O–H groups in total. The molecule has 52 valence electrons. The average Bonchev–Trinajstić information content (AvgIpc) is 1.69. The third kappa shape index (κ3) is 17.6. The number of hydrogen-bond acceptors (Lipinski definition) is 1. The zero-order valence-electron chi connectivity index (χ0n) is 6.03. The predicted octanol–water partition coefficient (Wildman–Crippen LogP) is -2.45. The fourth-order valence-electron chi connectivity index (χ4n) is 0.529. The summed E-state index contributed by atoms with van der Waals surface area (Å²) in [4.78, 5) is 0. The van der Waals surface area contributed by atoms with Crippen molar-refractivity contribution in [1.82, 2.24) is 0 Å². The second-order valence-electron chi connectivity index (χ2n) is 1.76. The van der Waals surface area contributed by atoms with Gasteiger partial charge >= 0.3 is 23.1 Å². The molecule has 0 aliphatic rings. The molecule has 0 atom stereocenters. The molecule has 9 heavy (non-hydrogen) atoms. The number of hydrogen-bond donors (Lipinski definition) is 0. The zero-order chi connectivity index (χ0) is 5.54. The van der Waals surface area contributed by atoms with Crippen molar-refractivity contribution in [2.45, 2.75) is 32.6 Å². The Labute approximate surface area is 84.1 Å². The molecule has 0 aliphatic carbocycles. The normalized spacial score (nSPS) is 7.33. The van der Waals surface area contributed by atoms with Gasteiger partial charge in [0.05, 0.1) is 0 Å². The fraction of sp³-hybridized carbons (Fsp3) is 1.00. The van der Waals surface area contributed by atoms with E-state index in [9.17, 15) is 5.11 Å². The van der Waals surface area contributed by atoms with Gasteiger partial charge in [0.15, 0.2) is 0 Å². The van der Waals surface area contributed by atoms with Crippen LogP contribution in [0, 0.1) is 0 Å². The summed E-state index contributed by atoms with van der Waals surface area (Å²) < 4.78 is 0. The van der Waals surface area contributed by atoms with Crippen molar-refractivity contribution in [1.29, 1.82) is 0 Å². The molecule has 0 heterocycles. The van der Waals surface area contributed by atoms with Crippen LogP contribution in [0.3, 0.4) is 0 Å². The Bertz CT molecular complexity index is 32.2. The van der Waals surface area contributed by atoms with Crippen LogP contribution in [0.2, 0.25) is 0 Å². The van der Waals surface area contributed by atoms with Gasteiger partial charge in [0.1, 0.15) is 0 Å². The zero-order valence-corrected chi connectivity index (χ0v) is 9.03. The molecule has 0 rings (SSSR count). The molecular weight excluding hydrogens is 192 g/mol. The van der Waals surface area contributed by atoms with Crippen LogP contribution in [0.4, 0.5) is 0 Å². The molecule has 0 aromatic rings. The molecule has 0 radical (unpaired) electrons. The van der Waals surface area contributed by atoms with E-state index in [1.54, 1.807) is 0 Å². The van der Waals surface area contributed by atoms with Gasteiger partial charge in [-0.25, -0.2) is 0 Å². The Hall–Kier alpha value is 1.21. The molecule has 0 saturated carbocycles. The van der Waals surface area contributed by atoms with Crippen LogP contribution in [0.1, 0.15) is 32.6 Å². The minimum atomic E-state index is 0. The van der Waals surface area contributed by atoms with Gasteiger partial charge < -0.3 is 22.1 Å². The summed E-state index contributed by atoms with van der Waals surface area (Å²) in [6.07, 6.45) is 4.44. The van der Waals surface area contributed by atoms with Crippen molar-refractivity contribution in [3.63, 3.8) is 0 Å².